The molecule has 2 atom stereocenters. The van der Waals surface area contributed by atoms with Gasteiger partial charge in [0.15, 0.2) is 0 Å². The Morgan fingerprint density at radius 2 is 1.56 bits per heavy atom. The van der Waals surface area contributed by atoms with E-state index >= 15 is 0 Å². The molecule has 5 nitrogen and oxygen atoms in total. The van der Waals surface area contributed by atoms with Crippen molar-refractivity contribution in [2.75, 3.05) is 57.3 Å². The number of hydrogen-bond acceptors (Lipinski definition) is 4. The van der Waals surface area contributed by atoms with E-state index in [1.54, 1.807) is 13.0 Å². The summed E-state index contributed by atoms with van der Waals surface area (Å²) >= 11 is 0. The van der Waals surface area contributed by atoms with E-state index in [-0.39, 0.29) is 29.5 Å². The zero-order valence-electron chi connectivity index (χ0n) is 19.9. The number of anilines is 2. The minimum absolute atomic E-state index is 0.175. The summed E-state index contributed by atoms with van der Waals surface area (Å²) in [6.45, 7) is 9.34. The number of halogens is 2. The van der Waals surface area contributed by atoms with E-state index in [1.807, 2.05) is 23.1 Å². The van der Waals surface area contributed by atoms with Gasteiger partial charge in [-0.25, -0.2) is 8.78 Å². The monoisotopic (exact) mass is 468 g/mol. The van der Waals surface area contributed by atoms with Gasteiger partial charge in [-0.15, -0.1) is 0 Å². The molecule has 182 valence electrons. The van der Waals surface area contributed by atoms with Crippen molar-refractivity contribution in [1.29, 1.82) is 0 Å². The van der Waals surface area contributed by atoms with Crippen LogP contribution in [0.15, 0.2) is 42.5 Å². The number of amides is 1. The topological polar surface area (TPSA) is 30.0 Å². The summed E-state index contributed by atoms with van der Waals surface area (Å²) in [4.78, 5) is 20.7. The van der Waals surface area contributed by atoms with Crippen LogP contribution in [0.25, 0.3) is 0 Å². The first-order chi connectivity index (χ1) is 16.5. The molecule has 0 aliphatic carbocycles. The number of hydrogen-bond donors (Lipinski definition) is 0. The predicted octanol–water partition coefficient (Wildman–Crippen LogP) is 4.22. The Balaban J connectivity index is 1.18. The van der Waals surface area contributed by atoms with Crippen LogP contribution in [-0.2, 0) is 4.79 Å². The number of carbonyl (C=O) groups is 1. The molecular formula is C27H34F2N4O. The van der Waals surface area contributed by atoms with Crippen molar-refractivity contribution < 1.29 is 13.6 Å². The molecule has 3 heterocycles. The molecule has 2 aromatic rings. The summed E-state index contributed by atoms with van der Waals surface area (Å²) in [6.07, 6.45) is 3.30. The highest BCUT2D eigenvalue weighted by Gasteiger charge is 2.42. The van der Waals surface area contributed by atoms with Gasteiger partial charge in [-0.2, -0.15) is 0 Å². The highest BCUT2D eigenvalue weighted by Crippen LogP contribution is 2.48. The minimum atomic E-state index is -0.241. The van der Waals surface area contributed by atoms with Crippen molar-refractivity contribution in [1.82, 2.24) is 14.7 Å². The Bertz CT molecular complexity index is 1010. The Morgan fingerprint density at radius 3 is 2.26 bits per heavy atom. The normalized spacial score (nSPS) is 23.1. The molecule has 3 aliphatic heterocycles. The molecule has 0 spiro atoms. The fourth-order valence-corrected chi connectivity index (χ4v) is 5.93. The zero-order chi connectivity index (χ0) is 23.7. The van der Waals surface area contributed by atoms with E-state index in [1.165, 1.54) is 18.2 Å². The first kappa shape index (κ1) is 23.2. The van der Waals surface area contributed by atoms with Crippen LogP contribution in [0.2, 0.25) is 0 Å². The van der Waals surface area contributed by atoms with Crippen LogP contribution in [0.1, 0.15) is 37.7 Å². The number of piperidine rings is 1. The highest BCUT2D eigenvalue weighted by atomic mass is 19.1. The lowest BCUT2D eigenvalue weighted by Gasteiger charge is -2.39. The number of benzene rings is 2. The van der Waals surface area contributed by atoms with Gasteiger partial charge in [0.05, 0.1) is 0 Å². The van der Waals surface area contributed by atoms with Gasteiger partial charge in [-0.05, 0) is 80.4 Å². The molecule has 2 unspecified atom stereocenters. The second kappa shape index (κ2) is 10.0. The summed E-state index contributed by atoms with van der Waals surface area (Å²) in [5, 5.41) is 0. The van der Waals surface area contributed by atoms with Crippen molar-refractivity contribution >= 4 is 17.3 Å². The number of likely N-dealkylation sites (tertiary alicyclic amines) is 1. The van der Waals surface area contributed by atoms with Gasteiger partial charge in [0, 0.05) is 69.5 Å². The van der Waals surface area contributed by atoms with Gasteiger partial charge in [0.25, 0.3) is 0 Å². The van der Waals surface area contributed by atoms with Gasteiger partial charge in [0.2, 0.25) is 5.91 Å². The largest absolute Gasteiger partial charge is 0.340 e. The molecule has 3 aliphatic rings. The van der Waals surface area contributed by atoms with E-state index in [0.717, 1.165) is 88.6 Å². The maximum absolute atomic E-state index is 14.2. The lowest BCUT2D eigenvalue weighted by atomic mass is 9.89. The standard InChI is InChI=1S/C27H34F2N4O/c1-20(34)32-16-14-30(15-17-32)11-2-3-12-31-13-10-27-25(19-31)24-18-22(29)6-9-26(24)33(27)23-7-4-21(28)5-8-23/h4-9,18,25,27H,2-3,10-17,19H2,1H3. The second-order valence-corrected chi connectivity index (χ2v) is 9.87. The third-order valence-electron chi connectivity index (χ3n) is 7.76. The first-order valence-corrected chi connectivity index (χ1v) is 12.5. The zero-order valence-corrected chi connectivity index (χ0v) is 19.9. The fraction of sp³-hybridized carbons (Fsp3) is 0.519. The summed E-state index contributed by atoms with van der Waals surface area (Å²) in [5.74, 6) is -0.00611. The molecule has 7 heteroatoms. The molecule has 2 aromatic carbocycles. The van der Waals surface area contributed by atoms with E-state index in [9.17, 15) is 13.6 Å². The molecule has 1 amide bonds. The molecular weight excluding hydrogens is 434 g/mol. The number of rotatable bonds is 6. The van der Waals surface area contributed by atoms with Crippen LogP contribution in [0.3, 0.4) is 0 Å². The Hall–Kier alpha value is -2.51. The van der Waals surface area contributed by atoms with E-state index < -0.39 is 0 Å². The summed E-state index contributed by atoms with van der Waals surface area (Å²) in [5.41, 5.74) is 3.09. The molecule has 2 fully saturated rings. The number of piperazine rings is 1. The molecule has 5 rings (SSSR count). The maximum atomic E-state index is 14.2. The summed E-state index contributed by atoms with van der Waals surface area (Å²) < 4.78 is 27.7. The van der Waals surface area contributed by atoms with Gasteiger partial charge in [0.1, 0.15) is 11.6 Å². The lowest BCUT2D eigenvalue weighted by Crippen LogP contribution is -2.48. The molecule has 0 bridgehead atoms. The van der Waals surface area contributed by atoms with Crippen molar-refractivity contribution in [3.05, 3.63) is 59.7 Å². The average Bonchev–Trinajstić information content (AvgIpc) is 3.15. The van der Waals surface area contributed by atoms with Crippen LogP contribution < -0.4 is 4.90 Å². The highest BCUT2D eigenvalue weighted by molar-refractivity contribution is 5.73. The average molecular weight is 469 g/mol. The van der Waals surface area contributed by atoms with Gasteiger partial charge in [-0.1, -0.05) is 0 Å². The molecule has 34 heavy (non-hydrogen) atoms. The van der Waals surface area contributed by atoms with Crippen LogP contribution in [0.5, 0.6) is 0 Å². The molecule has 0 N–H and O–H groups in total. The maximum Gasteiger partial charge on any atom is 0.219 e. The minimum Gasteiger partial charge on any atom is -0.340 e. The van der Waals surface area contributed by atoms with Gasteiger partial charge in [-0.3, -0.25) is 9.69 Å². The van der Waals surface area contributed by atoms with Gasteiger partial charge >= 0.3 is 0 Å². The van der Waals surface area contributed by atoms with Crippen molar-refractivity contribution in [3.8, 4) is 0 Å². The number of carbonyl (C=O) groups excluding carboxylic acids is 1. The quantitative estimate of drug-likeness (QED) is 0.594. The van der Waals surface area contributed by atoms with E-state index in [4.69, 9.17) is 0 Å². The van der Waals surface area contributed by atoms with Crippen molar-refractivity contribution in [2.24, 2.45) is 0 Å². The Morgan fingerprint density at radius 1 is 0.882 bits per heavy atom. The predicted molar refractivity (Wildman–Crippen MR) is 130 cm³/mol. The number of nitrogens with zero attached hydrogens (tertiary/aromatic N) is 4. The Labute approximate surface area is 200 Å². The number of fused-ring (bicyclic) bond motifs is 3. The smallest absolute Gasteiger partial charge is 0.219 e. The van der Waals surface area contributed by atoms with Crippen molar-refractivity contribution in [3.63, 3.8) is 0 Å². The molecule has 2 saturated heterocycles. The Kier molecular flexibility index (Phi) is 6.84. The second-order valence-electron chi connectivity index (χ2n) is 9.87. The third-order valence-corrected chi connectivity index (χ3v) is 7.76. The third kappa shape index (κ3) is 4.82. The first-order valence-electron chi connectivity index (χ1n) is 12.5. The van der Waals surface area contributed by atoms with Crippen LogP contribution in [-0.4, -0.2) is 79.0 Å². The van der Waals surface area contributed by atoms with Crippen LogP contribution >= 0.6 is 0 Å². The van der Waals surface area contributed by atoms with Crippen LogP contribution in [0.4, 0.5) is 20.2 Å². The SMILES string of the molecule is CC(=O)N1CCN(CCCCN2CCC3C(C2)c2cc(F)ccc2N3c2ccc(F)cc2)CC1. The van der Waals surface area contributed by atoms with Crippen molar-refractivity contribution in [2.45, 2.75) is 38.1 Å². The van der Waals surface area contributed by atoms with Crippen LogP contribution in [0, 0.1) is 11.6 Å². The molecule has 0 radical (unpaired) electrons. The molecule has 0 saturated carbocycles. The molecule has 0 aromatic heterocycles. The lowest BCUT2D eigenvalue weighted by molar-refractivity contribution is -0.130. The summed E-state index contributed by atoms with van der Waals surface area (Å²) in [6, 6.07) is 12.0. The van der Waals surface area contributed by atoms with E-state index in [0.29, 0.717) is 0 Å². The number of unbranched alkanes of at least 4 members (excludes halogenated alkanes) is 1. The van der Waals surface area contributed by atoms with Gasteiger partial charge < -0.3 is 14.7 Å². The van der Waals surface area contributed by atoms with E-state index in [2.05, 4.69) is 14.7 Å². The fourth-order valence-electron chi connectivity index (χ4n) is 5.93. The summed E-state index contributed by atoms with van der Waals surface area (Å²) in [7, 11) is 0.